The minimum Gasteiger partial charge on any atom is -0.495 e. The van der Waals surface area contributed by atoms with E-state index in [1.807, 2.05) is 36.4 Å². The summed E-state index contributed by atoms with van der Waals surface area (Å²) in [6.45, 7) is 0. The van der Waals surface area contributed by atoms with Crippen molar-refractivity contribution in [1.29, 1.82) is 0 Å². The lowest BCUT2D eigenvalue weighted by molar-refractivity contribution is -0.142. The number of aromatic nitrogens is 1. The van der Waals surface area contributed by atoms with Gasteiger partial charge in [-0.25, -0.2) is 0 Å². The molecule has 5 heteroatoms. The van der Waals surface area contributed by atoms with Gasteiger partial charge in [-0.3, -0.25) is 14.6 Å². The highest BCUT2D eigenvalue weighted by Crippen LogP contribution is 2.51. The smallest absolute Gasteiger partial charge is 0.144 e. The molecule has 31 heavy (non-hydrogen) atoms. The number of nitrogens with zero attached hydrogens (tertiary/aromatic N) is 1. The first-order chi connectivity index (χ1) is 15.0. The molecule has 2 aromatic rings. The minimum atomic E-state index is -0.542. The highest BCUT2D eigenvalue weighted by Gasteiger charge is 2.49. The number of methoxy groups -OCH3 is 1. The largest absolute Gasteiger partial charge is 0.495 e. The summed E-state index contributed by atoms with van der Waals surface area (Å²) >= 11 is 6.32. The first-order valence-electron chi connectivity index (χ1n) is 11.3. The molecular weight excluding hydrogens is 410 g/mol. The number of hydrogen-bond acceptors (Lipinski definition) is 4. The van der Waals surface area contributed by atoms with Crippen LogP contribution in [0.2, 0.25) is 5.02 Å². The van der Waals surface area contributed by atoms with Gasteiger partial charge in [0.1, 0.15) is 17.3 Å². The number of carbonyl (C=O) groups is 2. The first-order valence-corrected chi connectivity index (χ1v) is 11.7. The molecule has 4 nitrogen and oxygen atoms in total. The van der Waals surface area contributed by atoms with E-state index in [0.29, 0.717) is 36.0 Å². The van der Waals surface area contributed by atoms with Gasteiger partial charge in [-0.15, -0.1) is 0 Å². The summed E-state index contributed by atoms with van der Waals surface area (Å²) < 4.78 is 5.26. The second-order valence-electron chi connectivity index (χ2n) is 9.18. The fourth-order valence-corrected chi connectivity index (χ4v) is 5.88. The Balaban J connectivity index is 1.52. The maximum absolute atomic E-state index is 13.2. The van der Waals surface area contributed by atoms with Gasteiger partial charge in [0.25, 0.3) is 0 Å². The molecule has 0 aliphatic heterocycles. The second kappa shape index (κ2) is 9.52. The third-order valence-corrected chi connectivity index (χ3v) is 7.61. The quantitative estimate of drug-likeness (QED) is 0.523. The van der Waals surface area contributed by atoms with Gasteiger partial charge in [0, 0.05) is 31.2 Å². The van der Waals surface area contributed by atoms with Crippen LogP contribution in [0.4, 0.5) is 0 Å². The second-order valence-corrected chi connectivity index (χ2v) is 9.58. The van der Waals surface area contributed by atoms with E-state index in [9.17, 15) is 9.59 Å². The third kappa shape index (κ3) is 4.85. The molecule has 0 spiro atoms. The van der Waals surface area contributed by atoms with Gasteiger partial charge < -0.3 is 4.74 Å². The van der Waals surface area contributed by atoms with E-state index in [1.165, 1.54) is 12.8 Å². The fraction of sp³-hybridized carbons (Fsp3) is 0.500. The van der Waals surface area contributed by atoms with Crippen molar-refractivity contribution in [2.24, 2.45) is 17.3 Å². The topological polar surface area (TPSA) is 56.3 Å². The average Bonchev–Trinajstić information content (AvgIpc) is 3.31. The van der Waals surface area contributed by atoms with Crippen molar-refractivity contribution in [2.45, 2.75) is 57.8 Å². The fourth-order valence-electron chi connectivity index (χ4n) is 5.60. The molecule has 0 bridgehead atoms. The number of hydrogen-bond donors (Lipinski definition) is 0. The Hall–Kier alpha value is -2.20. The highest BCUT2D eigenvalue weighted by atomic mass is 35.5. The van der Waals surface area contributed by atoms with Crippen molar-refractivity contribution < 1.29 is 14.3 Å². The van der Waals surface area contributed by atoms with Crippen LogP contribution in [0.15, 0.2) is 42.6 Å². The van der Waals surface area contributed by atoms with Gasteiger partial charge >= 0.3 is 0 Å². The zero-order valence-corrected chi connectivity index (χ0v) is 18.9. The Morgan fingerprint density at radius 2 is 1.84 bits per heavy atom. The summed E-state index contributed by atoms with van der Waals surface area (Å²) in [4.78, 5) is 30.8. The number of Topliss-reactive ketones (excluding diaryl/α,β-unsaturated/α-hetero) is 2. The number of ether oxygens (including phenoxy) is 1. The van der Waals surface area contributed by atoms with Gasteiger partial charge in [0.05, 0.1) is 18.1 Å². The Labute approximate surface area is 189 Å². The molecule has 4 rings (SSSR count). The molecule has 0 atom stereocenters. The van der Waals surface area contributed by atoms with E-state index in [0.717, 1.165) is 36.9 Å². The molecule has 164 valence electrons. The number of benzene rings is 1. The van der Waals surface area contributed by atoms with Crippen LogP contribution in [-0.2, 0) is 22.4 Å². The van der Waals surface area contributed by atoms with Crippen molar-refractivity contribution in [3.63, 3.8) is 0 Å². The van der Waals surface area contributed by atoms with E-state index in [1.54, 1.807) is 13.3 Å². The molecule has 0 radical (unpaired) electrons. The number of aryl methyl sites for hydroxylation is 1. The highest BCUT2D eigenvalue weighted by molar-refractivity contribution is 6.32. The molecular formula is C26H30ClNO3. The SMILES string of the molecule is COc1ccc(CCC2(C3CCCC3)CC(=O)C(Cc3ccccn3)C(=O)C2)cc1Cl. The summed E-state index contributed by atoms with van der Waals surface area (Å²) in [7, 11) is 1.61. The Morgan fingerprint density at radius 1 is 1.10 bits per heavy atom. The van der Waals surface area contributed by atoms with Gasteiger partial charge in [-0.2, -0.15) is 0 Å². The van der Waals surface area contributed by atoms with Crippen molar-refractivity contribution >= 4 is 23.2 Å². The molecule has 2 saturated carbocycles. The molecule has 1 aromatic carbocycles. The summed E-state index contributed by atoms with van der Waals surface area (Å²) in [6.07, 6.45) is 9.43. The summed E-state index contributed by atoms with van der Waals surface area (Å²) in [5.41, 5.74) is 1.71. The van der Waals surface area contributed by atoms with Gasteiger partial charge in [-0.1, -0.05) is 36.6 Å². The van der Waals surface area contributed by atoms with Crippen molar-refractivity contribution in [3.8, 4) is 5.75 Å². The van der Waals surface area contributed by atoms with E-state index in [2.05, 4.69) is 4.98 Å². The third-order valence-electron chi connectivity index (χ3n) is 7.32. The summed E-state index contributed by atoms with van der Waals surface area (Å²) in [6, 6.07) is 11.5. The molecule has 2 aliphatic rings. The van der Waals surface area contributed by atoms with Crippen LogP contribution in [0.25, 0.3) is 0 Å². The molecule has 0 amide bonds. The number of ketones is 2. The van der Waals surface area contributed by atoms with Crippen LogP contribution in [0, 0.1) is 17.3 Å². The number of rotatable bonds is 7. The molecule has 0 unspecified atom stereocenters. The molecule has 2 fully saturated rings. The maximum atomic E-state index is 13.2. The maximum Gasteiger partial charge on any atom is 0.144 e. The monoisotopic (exact) mass is 439 g/mol. The first kappa shape index (κ1) is 22.0. The normalized spacial score (nSPS) is 24.5. The van der Waals surface area contributed by atoms with Crippen LogP contribution in [-0.4, -0.2) is 23.7 Å². The summed E-state index contributed by atoms with van der Waals surface area (Å²) in [5, 5.41) is 0.598. The van der Waals surface area contributed by atoms with Gasteiger partial charge in [0.2, 0.25) is 0 Å². The molecule has 0 saturated heterocycles. The van der Waals surface area contributed by atoms with Crippen molar-refractivity contribution in [3.05, 3.63) is 58.9 Å². The Bertz CT molecular complexity index is 919. The lowest BCUT2D eigenvalue weighted by atomic mass is 9.59. The van der Waals surface area contributed by atoms with Gasteiger partial charge in [-0.05, 0) is 66.8 Å². The molecule has 0 N–H and O–H groups in total. The van der Waals surface area contributed by atoms with Crippen LogP contribution < -0.4 is 4.74 Å². The molecule has 1 aromatic heterocycles. The van der Waals surface area contributed by atoms with E-state index in [4.69, 9.17) is 16.3 Å². The van der Waals surface area contributed by atoms with E-state index in [-0.39, 0.29) is 17.0 Å². The predicted molar refractivity (Wildman–Crippen MR) is 121 cm³/mol. The number of carbonyl (C=O) groups excluding carboxylic acids is 2. The molecule has 2 aliphatic carbocycles. The molecule has 1 heterocycles. The Morgan fingerprint density at radius 3 is 2.45 bits per heavy atom. The Kier molecular flexibility index (Phi) is 6.76. The van der Waals surface area contributed by atoms with Crippen molar-refractivity contribution in [2.75, 3.05) is 7.11 Å². The van der Waals surface area contributed by atoms with Crippen LogP contribution >= 0.6 is 11.6 Å². The standard InChI is InChI=1S/C26H30ClNO3/c1-31-25-10-9-18(14-22(25)27)11-12-26(19-6-2-3-7-19)16-23(29)21(24(30)17-26)15-20-8-4-5-13-28-20/h4-5,8-10,13-14,19,21H,2-3,6-7,11-12,15-17H2,1H3. The number of halogens is 1. The zero-order chi connectivity index (χ0) is 21.8. The predicted octanol–water partition coefficient (Wildman–Crippen LogP) is 5.64. The van der Waals surface area contributed by atoms with Crippen molar-refractivity contribution in [1.82, 2.24) is 4.98 Å². The van der Waals surface area contributed by atoms with Gasteiger partial charge in [0.15, 0.2) is 0 Å². The van der Waals surface area contributed by atoms with Crippen LogP contribution in [0.1, 0.15) is 56.2 Å². The number of pyridine rings is 1. The summed E-state index contributed by atoms with van der Waals surface area (Å²) in [5.74, 6) is 0.768. The lowest BCUT2D eigenvalue weighted by Crippen LogP contribution is -2.45. The van der Waals surface area contributed by atoms with E-state index >= 15 is 0 Å². The zero-order valence-electron chi connectivity index (χ0n) is 18.1. The average molecular weight is 440 g/mol. The van der Waals surface area contributed by atoms with E-state index < -0.39 is 5.92 Å². The lowest BCUT2D eigenvalue weighted by Gasteiger charge is -2.43. The van der Waals surface area contributed by atoms with Crippen LogP contribution in [0.5, 0.6) is 5.75 Å². The van der Waals surface area contributed by atoms with Crippen LogP contribution in [0.3, 0.4) is 0 Å². The minimum absolute atomic E-state index is 0.0987.